The van der Waals surface area contributed by atoms with Crippen LogP contribution in [0.4, 0.5) is 5.69 Å². The molecule has 0 spiro atoms. The van der Waals surface area contributed by atoms with Crippen molar-refractivity contribution in [3.05, 3.63) is 29.8 Å². The van der Waals surface area contributed by atoms with E-state index in [-0.39, 0.29) is 11.3 Å². The van der Waals surface area contributed by atoms with Crippen LogP contribution in [-0.4, -0.2) is 16.6 Å². The summed E-state index contributed by atoms with van der Waals surface area (Å²) in [4.78, 5) is 12.6. The summed E-state index contributed by atoms with van der Waals surface area (Å²) in [6, 6.07) is 7.92. The zero-order valence-corrected chi connectivity index (χ0v) is 13.3. The van der Waals surface area contributed by atoms with Crippen molar-refractivity contribution in [3.63, 3.8) is 0 Å². The molecular formula is C19H25NO2. The fraction of sp³-hybridized carbons (Fsp3) is 0.632. The van der Waals surface area contributed by atoms with Gasteiger partial charge in [-0.25, -0.2) is 0 Å². The fourth-order valence-corrected chi connectivity index (χ4v) is 5.86. The van der Waals surface area contributed by atoms with Crippen LogP contribution in [0.1, 0.15) is 50.5 Å². The molecule has 4 aliphatic rings. The first-order valence-electron chi connectivity index (χ1n) is 8.53. The van der Waals surface area contributed by atoms with Crippen LogP contribution in [-0.2, 0) is 4.79 Å². The number of rotatable bonds is 3. The van der Waals surface area contributed by atoms with Gasteiger partial charge in [-0.05, 0) is 74.3 Å². The molecule has 2 N–H and O–H groups in total. The number of anilines is 1. The molecule has 118 valence electrons. The fourth-order valence-electron chi connectivity index (χ4n) is 5.86. The van der Waals surface area contributed by atoms with E-state index in [0.29, 0.717) is 18.3 Å². The average Bonchev–Trinajstić information content (AvgIpc) is 2.37. The van der Waals surface area contributed by atoms with Gasteiger partial charge in [-0.2, -0.15) is 0 Å². The van der Waals surface area contributed by atoms with E-state index in [1.54, 1.807) is 0 Å². The number of aryl methyl sites for hydroxylation is 1. The molecule has 0 aliphatic heterocycles. The van der Waals surface area contributed by atoms with Gasteiger partial charge in [0, 0.05) is 12.1 Å². The Morgan fingerprint density at radius 1 is 1.23 bits per heavy atom. The van der Waals surface area contributed by atoms with Crippen LogP contribution in [0.15, 0.2) is 24.3 Å². The van der Waals surface area contributed by atoms with Crippen LogP contribution in [0, 0.1) is 24.2 Å². The maximum Gasteiger partial charge on any atom is 0.224 e. The van der Waals surface area contributed by atoms with Crippen molar-refractivity contribution in [2.75, 3.05) is 5.32 Å². The largest absolute Gasteiger partial charge is 0.390 e. The number of para-hydroxylation sites is 1. The van der Waals surface area contributed by atoms with Crippen LogP contribution in [0.5, 0.6) is 0 Å². The highest BCUT2D eigenvalue weighted by molar-refractivity contribution is 5.91. The normalized spacial score (nSPS) is 39.0. The van der Waals surface area contributed by atoms with Crippen molar-refractivity contribution in [3.8, 4) is 0 Å². The van der Waals surface area contributed by atoms with Gasteiger partial charge in [0.2, 0.25) is 5.91 Å². The summed E-state index contributed by atoms with van der Waals surface area (Å²) >= 11 is 0. The quantitative estimate of drug-likeness (QED) is 0.895. The van der Waals surface area contributed by atoms with Gasteiger partial charge in [-0.3, -0.25) is 4.79 Å². The average molecular weight is 299 g/mol. The predicted molar refractivity (Wildman–Crippen MR) is 86.5 cm³/mol. The molecule has 0 saturated heterocycles. The maximum absolute atomic E-state index is 12.6. The van der Waals surface area contributed by atoms with E-state index in [1.807, 2.05) is 31.2 Å². The number of carbonyl (C=O) groups is 1. The molecule has 0 radical (unpaired) electrons. The summed E-state index contributed by atoms with van der Waals surface area (Å²) in [6.07, 6.45) is 6.85. The maximum atomic E-state index is 12.6. The van der Waals surface area contributed by atoms with Crippen molar-refractivity contribution < 1.29 is 9.90 Å². The van der Waals surface area contributed by atoms with E-state index >= 15 is 0 Å². The molecule has 1 aromatic carbocycles. The van der Waals surface area contributed by atoms with Gasteiger partial charge in [0.15, 0.2) is 0 Å². The zero-order valence-electron chi connectivity index (χ0n) is 13.3. The minimum Gasteiger partial charge on any atom is -0.390 e. The van der Waals surface area contributed by atoms with E-state index < -0.39 is 5.60 Å². The van der Waals surface area contributed by atoms with Crippen LogP contribution >= 0.6 is 0 Å². The molecule has 3 nitrogen and oxygen atoms in total. The first kappa shape index (κ1) is 14.3. The summed E-state index contributed by atoms with van der Waals surface area (Å²) in [5, 5.41) is 13.9. The molecule has 1 amide bonds. The highest BCUT2D eigenvalue weighted by atomic mass is 16.3. The van der Waals surface area contributed by atoms with E-state index in [0.717, 1.165) is 43.4 Å². The van der Waals surface area contributed by atoms with Gasteiger partial charge in [0.05, 0.1) is 5.60 Å². The van der Waals surface area contributed by atoms with Crippen LogP contribution < -0.4 is 5.32 Å². The number of hydrogen-bond acceptors (Lipinski definition) is 2. The van der Waals surface area contributed by atoms with E-state index in [4.69, 9.17) is 0 Å². The molecule has 4 aliphatic carbocycles. The monoisotopic (exact) mass is 299 g/mol. The summed E-state index contributed by atoms with van der Waals surface area (Å²) < 4.78 is 0. The first-order chi connectivity index (χ1) is 10.5. The molecule has 3 heteroatoms. The summed E-state index contributed by atoms with van der Waals surface area (Å²) in [7, 11) is 0. The van der Waals surface area contributed by atoms with E-state index in [1.165, 1.54) is 6.42 Å². The second-order valence-electron chi connectivity index (χ2n) is 8.23. The minimum atomic E-state index is -0.479. The Labute approximate surface area is 132 Å². The Hall–Kier alpha value is -1.35. The molecule has 22 heavy (non-hydrogen) atoms. The van der Waals surface area contributed by atoms with Crippen molar-refractivity contribution in [2.24, 2.45) is 17.3 Å². The summed E-state index contributed by atoms with van der Waals surface area (Å²) in [5.74, 6) is 1.38. The lowest BCUT2D eigenvalue weighted by Gasteiger charge is -2.60. The van der Waals surface area contributed by atoms with Crippen LogP contribution in [0.3, 0.4) is 0 Å². The van der Waals surface area contributed by atoms with Gasteiger partial charge < -0.3 is 10.4 Å². The standard InChI is InChI=1S/C19H25NO2/c1-13-4-2-3-5-16(13)20-17(21)11-18-7-14-6-15(8-18)10-19(22,9-14)12-18/h2-5,14-15,22H,6-12H2,1H3,(H,20,21)/t14-,15+,18?,19?. The highest BCUT2D eigenvalue weighted by Gasteiger charge is 2.57. The lowest BCUT2D eigenvalue weighted by Crippen LogP contribution is -2.56. The number of benzene rings is 1. The molecule has 4 atom stereocenters. The van der Waals surface area contributed by atoms with Crippen molar-refractivity contribution in [2.45, 2.75) is 57.5 Å². The number of aliphatic hydroxyl groups is 1. The molecule has 4 saturated carbocycles. The summed E-state index contributed by atoms with van der Waals surface area (Å²) in [6.45, 7) is 2.02. The van der Waals surface area contributed by atoms with Gasteiger partial charge in [0.1, 0.15) is 0 Å². The SMILES string of the molecule is Cc1ccccc1NC(=O)CC12C[C@@H]3C[C@@H](CC(O)(C3)C1)C2. The predicted octanol–water partition coefficient (Wildman–Crippen LogP) is 3.65. The molecule has 2 unspecified atom stereocenters. The second-order valence-corrected chi connectivity index (χ2v) is 8.23. The van der Waals surface area contributed by atoms with Gasteiger partial charge in [0.25, 0.3) is 0 Å². The highest BCUT2D eigenvalue weighted by Crippen LogP contribution is 2.62. The lowest BCUT2D eigenvalue weighted by atomic mass is 9.47. The first-order valence-corrected chi connectivity index (χ1v) is 8.53. The Balaban J connectivity index is 1.49. The third-order valence-electron chi connectivity index (χ3n) is 6.11. The van der Waals surface area contributed by atoms with Gasteiger partial charge in [-0.15, -0.1) is 0 Å². The van der Waals surface area contributed by atoms with Crippen molar-refractivity contribution >= 4 is 11.6 Å². The topological polar surface area (TPSA) is 49.3 Å². The van der Waals surface area contributed by atoms with Crippen LogP contribution in [0.2, 0.25) is 0 Å². The van der Waals surface area contributed by atoms with Gasteiger partial charge in [-0.1, -0.05) is 18.2 Å². The zero-order chi connectivity index (χ0) is 15.4. The third kappa shape index (κ3) is 2.45. The molecule has 4 bridgehead atoms. The van der Waals surface area contributed by atoms with E-state index in [9.17, 15) is 9.90 Å². The van der Waals surface area contributed by atoms with Crippen molar-refractivity contribution in [1.82, 2.24) is 0 Å². The molecular weight excluding hydrogens is 274 g/mol. The number of nitrogens with one attached hydrogen (secondary N) is 1. The smallest absolute Gasteiger partial charge is 0.224 e. The summed E-state index contributed by atoms with van der Waals surface area (Å²) in [5.41, 5.74) is 1.58. The molecule has 0 aromatic heterocycles. The second kappa shape index (κ2) is 4.82. The Morgan fingerprint density at radius 2 is 1.91 bits per heavy atom. The lowest BCUT2D eigenvalue weighted by molar-refractivity contribution is -0.167. The minimum absolute atomic E-state index is 0.0472. The molecule has 0 heterocycles. The Bertz CT molecular complexity index is 595. The van der Waals surface area contributed by atoms with Crippen molar-refractivity contribution in [1.29, 1.82) is 0 Å². The van der Waals surface area contributed by atoms with E-state index in [2.05, 4.69) is 5.32 Å². The Morgan fingerprint density at radius 3 is 2.55 bits per heavy atom. The van der Waals surface area contributed by atoms with Gasteiger partial charge >= 0.3 is 0 Å². The number of hydrogen-bond donors (Lipinski definition) is 2. The molecule has 4 fully saturated rings. The number of amides is 1. The van der Waals surface area contributed by atoms with Crippen LogP contribution in [0.25, 0.3) is 0 Å². The molecule has 1 aromatic rings. The molecule has 5 rings (SSSR count). The third-order valence-corrected chi connectivity index (χ3v) is 6.11. The Kier molecular flexibility index (Phi) is 3.12. The number of carbonyl (C=O) groups excluding carboxylic acids is 1.